The smallest absolute Gasteiger partial charge is 0.306 e. The number of aliphatic imine (C=N–C) groups is 1. The Bertz CT molecular complexity index is 680. The van der Waals surface area contributed by atoms with Crippen molar-refractivity contribution in [3.05, 3.63) is 40.9 Å². The molecule has 2 aliphatic rings. The van der Waals surface area contributed by atoms with Gasteiger partial charge in [-0.15, -0.1) is 0 Å². The summed E-state index contributed by atoms with van der Waals surface area (Å²) in [7, 11) is 0. The molecule has 0 unspecified atom stereocenters. The molecule has 2 amide bonds. The quantitative estimate of drug-likeness (QED) is 0.784. The fourth-order valence-electron chi connectivity index (χ4n) is 2.37. The van der Waals surface area contributed by atoms with Crippen molar-refractivity contribution in [3.8, 4) is 0 Å². The summed E-state index contributed by atoms with van der Waals surface area (Å²) in [6.07, 6.45) is 0.392. The largest absolute Gasteiger partial charge is 0.406 e. The predicted octanol–water partition coefficient (Wildman–Crippen LogP) is 4.72. The van der Waals surface area contributed by atoms with Crippen LogP contribution in [0.1, 0.15) is 18.4 Å². The monoisotopic (exact) mass is 328 g/mol. The summed E-state index contributed by atoms with van der Waals surface area (Å²) in [6, 6.07) is 3.17. The number of rotatable bonds is 2. The van der Waals surface area contributed by atoms with E-state index in [0.29, 0.717) is 6.21 Å². The second-order valence-corrected chi connectivity index (χ2v) is 5.88. The standard InChI is InChI=1S/C15H12ClF3N2O/c16-10-3-4-12-11(7-10)14(15(17,18)19,6-5-9-1-2-9)8-20-13(22)21-12/h3-9H,1-2H2,(H,21,22)/b6-5+/t14-/m0/s1. The molecule has 1 saturated carbocycles. The SMILES string of the molecule is O=C1N=C[C@](/C=C/C2CC2)(C(F)(F)F)c2cc(Cl)ccc2N1. The maximum absolute atomic E-state index is 13.9. The maximum atomic E-state index is 13.9. The van der Waals surface area contributed by atoms with Gasteiger partial charge >= 0.3 is 12.2 Å². The Kier molecular flexibility index (Phi) is 3.51. The normalized spacial score (nSPS) is 25.0. The molecule has 1 atom stereocenters. The fourth-order valence-corrected chi connectivity index (χ4v) is 2.55. The maximum Gasteiger partial charge on any atom is 0.406 e. The van der Waals surface area contributed by atoms with Crippen molar-refractivity contribution in [2.75, 3.05) is 5.32 Å². The van der Waals surface area contributed by atoms with Gasteiger partial charge in [-0.2, -0.15) is 13.2 Å². The van der Waals surface area contributed by atoms with Crippen molar-refractivity contribution in [1.82, 2.24) is 0 Å². The highest BCUT2D eigenvalue weighted by molar-refractivity contribution is 6.30. The number of hydrogen-bond donors (Lipinski definition) is 1. The molecular formula is C15H12ClF3N2O. The van der Waals surface area contributed by atoms with E-state index in [-0.39, 0.29) is 22.2 Å². The number of carbonyl (C=O) groups is 1. The molecule has 0 aromatic heterocycles. The van der Waals surface area contributed by atoms with Crippen molar-refractivity contribution >= 4 is 29.5 Å². The lowest BCUT2D eigenvalue weighted by molar-refractivity contribution is -0.155. The lowest BCUT2D eigenvalue weighted by Crippen LogP contribution is -2.42. The number of alkyl halides is 3. The van der Waals surface area contributed by atoms with E-state index < -0.39 is 17.6 Å². The predicted molar refractivity (Wildman–Crippen MR) is 78.6 cm³/mol. The molecule has 1 aliphatic heterocycles. The number of halogens is 4. The number of anilines is 1. The minimum absolute atomic E-state index is 0.0599. The Balaban J connectivity index is 2.24. The minimum atomic E-state index is -4.65. The van der Waals surface area contributed by atoms with Crippen LogP contribution in [0, 0.1) is 5.92 Å². The molecule has 0 spiro atoms. The first-order chi connectivity index (χ1) is 10.3. The van der Waals surface area contributed by atoms with Gasteiger partial charge in [0, 0.05) is 22.5 Å². The van der Waals surface area contributed by atoms with Gasteiger partial charge in [-0.25, -0.2) is 9.79 Å². The summed E-state index contributed by atoms with van der Waals surface area (Å²) in [5.74, 6) is 0.155. The molecule has 7 heteroatoms. The third-order valence-electron chi connectivity index (χ3n) is 3.78. The van der Waals surface area contributed by atoms with Gasteiger partial charge < -0.3 is 5.32 Å². The van der Waals surface area contributed by atoms with Crippen molar-refractivity contribution < 1.29 is 18.0 Å². The summed E-state index contributed by atoms with van der Waals surface area (Å²) in [5, 5.41) is 2.51. The van der Waals surface area contributed by atoms with E-state index in [4.69, 9.17) is 11.6 Å². The van der Waals surface area contributed by atoms with E-state index in [1.54, 1.807) is 6.08 Å². The number of benzene rings is 1. The number of hydrogen-bond acceptors (Lipinski definition) is 1. The first kappa shape index (κ1) is 15.1. The van der Waals surface area contributed by atoms with Crippen molar-refractivity contribution in [2.45, 2.75) is 24.4 Å². The molecule has 3 nitrogen and oxygen atoms in total. The second kappa shape index (κ2) is 5.12. The minimum Gasteiger partial charge on any atom is -0.306 e. The zero-order valence-corrected chi connectivity index (χ0v) is 12.1. The molecule has 1 heterocycles. The number of nitrogens with one attached hydrogen (secondary N) is 1. The van der Waals surface area contributed by atoms with E-state index in [0.717, 1.165) is 18.9 Å². The molecule has 0 bridgehead atoms. The van der Waals surface area contributed by atoms with E-state index in [1.807, 2.05) is 0 Å². The number of amides is 2. The first-order valence-electron chi connectivity index (χ1n) is 6.74. The van der Waals surface area contributed by atoms with Crippen LogP contribution < -0.4 is 5.32 Å². The van der Waals surface area contributed by atoms with Crippen LogP contribution in [0.5, 0.6) is 0 Å². The highest BCUT2D eigenvalue weighted by Crippen LogP contribution is 2.46. The highest BCUT2D eigenvalue weighted by atomic mass is 35.5. The Hall–Kier alpha value is -1.82. The Morgan fingerprint density at radius 1 is 1.36 bits per heavy atom. The average molecular weight is 329 g/mol. The molecule has 1 aromatic rings. The molecule has 1 N–H and O–H groups in total. The first-order valence-corrected chi connectivity index (χ1v) is 7.12. The third kappa shape index (κ3) is 2.63. The zero-order valence-electron chi connectivity index (χ0n) is 11.3. The lowest BCUT2D eigenvalue weighted by Gasteiger charge is -2.30. The molecule has 116 valence electrons. The van der Waals surface area contributed by atoms with Gasteiger partial charge in [0.25, 0.3) is 0 Å². The Morgan fingerprint density at radius 2 is 2.09 bits per heavy atom. The van der Waals surface area contributed by atoms with E-state index in [1.165, 1.54) is 18.2 Å². The lowest BCUT2D eigenvalue weighted by atomic mass is 9.79. The summed E-state index contributed by atoms with van der Waals surface area (Å²) in [5.41, 5.74) is -2.53. The van der Waals surface area contributed by atoms with Crippen molar-refractivity contribution in [2.24, 2.45) is 10.9 Å². The zero-order chi connectivity index (χ0) is 16.0. The van der Waals surface area contributed by atoms with Gasteiger partial charge in [0.15, 0.2) is 0 Å². The molecule has 22 heavy (non-hydrogen) atoms. The molecule has 1 aliphatic carbocycles. The van der Waals surface area contributed by atoms with Gasteiger partial charge in [0.2, 0.25) is 0 Å². The van der Waals surface area contributed by atoms with Crippen molar-refractivity contribution in [3.63, 3.8) is 0 Å². The van der Waals surface area contributed by atoms with Crippen LogP contribution in [0.25, 0.3) is 0 Å². The molecule has 0 radical (unpaired) electrons. The van der Waals surface area contributed by atoms with E-state index in [2.05, 4.69) is 10.3 Å². The summed E-state index contributed by atoms with van der Waals surface area (Å²) in [4.78, 5) is 15.0. The topological polar surface area (TPSA) is 41.5 Å². The summed E-state index contributed by atoms with van der Waals surface area (Å²) >= 11 is 5.87. The number of allylic oxidation sites excluding steroid dienone is 2. The van der Waals surface area contributed by atoms with Crippen molar-refractivity contribution in [1.29, 1.82) is 0 Å². The molecular weight excluding hydrogens is 317 g/mol. The van der Waals surface area contributed by atoms with Crippen LogP contribution in [-0.2, 0) is 5.41 Å². The van der Waals surface area contributed by atoms with Crippen LogP contribution in [0.3, 0.4) is 0 Å². The van der Waals surface area contributed by atoms with Crippen LogP contribution in [-0.4, -0.2) is 18.4 Å². The number of nitrogens with zero attached hydrogens (tertiary/aromatic N) is 1. The average Bonchev–Trinajstić information content (AvgIpc) is 3.24. The van der Waals surface area contributed by atoms with Gasteiger partial charge in [-0.3, -0.25) is 0 Å². The van der Waals surface area contributed by atoms with E-state index in [9.17, 15) is 18.0 Å². The van der Waals surface area contributed by atoms with Crippen LogP contribution in [0.2, 0.25) is 5.02 Å². The highest BCUT2D eigenvalue weighted by Gasteiger charge is 2.55. The van der Waals surface area contributed by atoms with Crippen LogP contribution >= 0.6 is 11.6 Å². The molecule has 1 aromatic carbocycles. The summed E-state index contributed by atoms with van der Waals surface area (Å²) < 4.78 is 41.6. The van der Waals surface area contributed by atoms with Gasteiger partial charge in [-0.1, -0.05) is 23.8 Å². The fraction of sp³-hybridized carbons (Fsp3) is 0.333. The number of carbonyl (C=O) groups excluding carboxylic acids is 1. The van der Waals surface area contributed by atoms with Gasteiger partial charge in [-0.05, 0) is 37.0 Å². The van der Waals surface area contributed by atoms with E-state index >= 15 is 0 Å². The van der Waals surface area contributed by atoms with Gasteiger partial charge in [0.05, 0.1) is 0 Å². The number of fused-ring (bicyclic) bond motifs is 1. The Labute approximate surface area is 129 Å². The van der Waals surface area contributed by atoms with Crippen LogP contribution in [0.4, 0.5) is 23.7 Å². The second-order valence-electron chi connectivity index (χ2n) is 5.44. The molecule has 0 saturated heterocycles. The Morgan fingerprint density at radius 3 is 2.73 bits per heavy atom. The summed E-state index contributed by atoms with van der Waals surface area (Å²) in [6.45, 7) is 0. The molecule has 3 rings (SSSR count). The molecule has 1 fully saturated rings. The van der Waals surface area contributed by atoms with Crippen LogP contribution in [0.15, 0.2) is 35.3 Å². The van der Waals surface area contributed by atoms with Gasteiger partial charge in [0.1, 0.15) is 5.41 Å². The number of urea groups is 1. The third-order valence-corrected chi connectivity index (χ3v) is 4.01.